The summed E-state index contributed by atoms with van der Waals surface area (Å²) in [5, 5.41) is 0. The molecule has 1 rings (SSSR count). The molecule has 0 atom stereocenters. The number of hydrogen-bond acceptors (Lipinski definition) is 1. The molecule has 0 bridgehead atoms. The fourth-order valence-electron chi connectivity index (χ4n) is 0.920. The van der Waals surface area contributed by atoms with Crippen molar-refractivity contribution in [2.75, 3.05) is 11.5 Å². The Balaban J connectivity index is 2.00. The van der Waals surface area contributed by atoms with Crippen LogP contribution < -0.4 is 0 Å². The Labute approximate surface area is 56.0 Å². The van der Waals surface area contributed by atoms with E-state index in [2.05, 4.69) is 18.2 Å². The maximum Gasteiger partial charge on any atom is -0.00362 e. The largest absolute Gasteiger partial charge is 0.162 e. The number of hydrogen-bond donors (Lipinski definition) is 0. The molecular weight excluding hydrogens is 116 g/mol. The van der Waals surface area contributed by atoms with Crippen molar-refractivity contribution in [2.24, 2.45) is 0 Å². The van der Waals surface area contributed by atoms with E-state index in [1.165, 1.54) is 37.2 Å². The predicted octanol–water partition coefficient (Wildman–Crippen LogP) is 2.50. The molecule has 0 spiro atoms. The third kappa shape index (κ3) is 2.61. The monoisotopic (exact) mass is 129 g/mol. The van der Waals surface area contributed by atoms with Crippen molar-refractivity contribution in [1.82, 2.24) is 0 Å². The standard InChI is InChI=1S/C7H13S/c1-2-4-6-8-7-5-3-1/h4H,1-3,5-7H2. The molecule has 1 fully saturated rings. The van der Waals surface area contributed by atoms with Crippen molar-refractivity contribution < 1.29 is 0 Å². The highest BCUT2D eigenvalue weighted by molar-refractivity contribution is 7.99. The molecule has 1 aliphatic heterocycles. The van der Waals surface area contributed by atoms with E-state index in [0.29, 0.717) is 0 Å². The summed E-state index contributed by atoms with van der Waals surface area (Å²) in [5.41, 5.74) is 0. The highest BCUT2D eigenvalue weighted by Gasteiger charge is 1.96. The Morgan fingerprint density at radius 2 is 2.12 bits per heavy atom. The topological polar surface area (TPSA) is 0 Å². The molecule has 1 aliphatic rings. The average molecular weight is 129 g/mol. The Morgan fingerprint density at radius 1 is 1.12 bits per heavy atom. The van der Waals surface area contributed by atoms with Crippen molar-refractivity contribution in [1.29, 1.82) is 0 Å². The smallest absolute Gasteiger partial charge is 0.00362 e. The van der Waals surface area contributed by atoms with Crippen molar-refractivity contribution in [2.45, 2.75) is 25.7 Å². The fraction of sp³-hybridized carbons (Fsp3) is 0.857. The first-order valence-electron chi connectivity index (χ1n) is 3.39. The minimum atomic E-state index is 1.29. The van der Waals surface area contributed by atoms with E-state index < -0.39 is 0 Å². The SMILES string of the molecule is [CH]1CCCCCSC1. The summed E-state index contributed by atoms with van der Waals surface area (Å²) in [6.07, 6.45) is 8.08. The average Bonchev–Trinajstić information content (AvgIpc) is 1.62. The van der Waals surface area contributed by atoms with Crippen LogP contribution in [0.3, 0.4) is 0 Å². The van der Waals surface area contributed by atoms with Crippen molar-refractivity contribution >= 4 is 11.8 Å². The summed E-state index contributed by atoms with van der Waals surface area (Å²) in [5.74, 6) is 2.68. The summed E-state index contributed by atoms with van der Waals surface area (Å²) >= 11 is 2.07. The second-order valence-corrected chi connectivity index (χ2v) is 3.36. The van der Waals surface area contributed by atoms with Gasteiger partial charge in [0.1, 0.15) is 0 Å². The zero-order valence-corrected chi connectivity index (χ0v) is 6.04. The quantitative estimate of drug-likeness (QED) is 0.484. The van der Waals surface area contributed by atoms with E-state index in [0.717, 1.165) is 0 Å². The van der Waals surface area contributed by atoms with Crippen LogP contribution in [-0.4, -0.2) is 11.5 Å². The Morgan fingerprint density at radius 3 is 3.12 bits per heavy atom. The van der Waals surface area contributed by atoms with Crippen molar-refractivity contribution in [3.8, 4) is 0 Å². The molecule has 0 amide bonds. The van der Waals surface area contributed by atoms with Gasteiger partial charge in [-0.2, -0.15) is 11.8 Å². The Bertz CT molecular complexity index is 28.3. The van der Waals surface area contributed by atoms with Gasteiger partial charge in [0, 0.05) is 0 Å². The lowest BCUT2D eigenvalue weighted by molar-refractivity contribution is 0.710. The highest BCUT2D eigenvalue weighted by Crippen LogP contribution is 2.14. The molecule has 1 saturated heterocycles. The molecule has 1 heteroatoms. The molecule has 47 valence electrons. The normalized spacial score (nSPS) is 24.0. The summed E-state index contributed by atoms with van der Waals surface area (Å²) in [6, 6.07) is 0. The van der Waals surface area contributed by atoms with E-state index in [9.17, 15) is 0 Å². The molecule has 0 aromatic heterocycles. The van der Waals surface area contributed by atoms with Crippen LogP contribution in [0.2, 0.25) is 0 Å². The molecule has 0 saturated carbocycles. The second kappa shape index (κ2) is 4.25. The summed E-state index contributed by atoms with van der Waals surface area (Å²) in [6.45, 7) is 0. The minimum Gasteiger partial charge on any atom is -0.162 e. The number of thioether (sulfide) groups is 1. The van der Waals surface area contributed by atoms with Crippen molar-refractivity contribution in [3.05, 3.63) is 6.42 Å². The first kappa shape index (κ1) is 6.47. The third-order valence-electron chi connectivity index (χ3n) is 1.43. The van der Waals surface area contributed by atoms with Gasteiger partial charge >= 0.3 is 0 Å². The van der Waals surface area contributed by atoms with E-state index in [4.69, 9.17) is 0 Å². The lowest BCUT2D eigenvalue weighted by Gasteiger charge is -2.05. The molecule has 0 nitrogen and oxygen atoms in total. The molecule has 0 aromatic rings. The van der Waals surface area contributed by atoms with Crippen LogP contribution in [-0.2, 0) is 0 Å². The van der Waals surface area contributed by atoms with Gasteiger partial charge in [-0.25, -0.2) is 0 Å². The van der Waals surface area contributed by atoms with Crippen LogP contribution in [0, 0.1) is 6.42 Å². The molecule has 0 unspecified atom stereocenters. The summed E-state index contributed by atoms with van der Waals surface area (Å²) in [4.78, 5) is 0. The number of rotatable bonds is 0. The zero-order chi connectivity index (χ0) is 5.66. The molecule has 1 radical (unpaired) electrons. The Hall–Kier alpha value is 0.350. The minimum absolute atomic E-state index is 1.29. The Kier molecular flexibility index (Phi) is 3.44. The van der Waals surface area contributed by atoms with Gasteiger partial charge in [-0.05, 0) is 30.8 Å². The van der Waals surface area contributed by atoms with Crippen LogP contribution in [0.4, 0.5) is 0 Å². The van der Waals surface area contributed by atoms with Crippen LogP contribution >= 0.6 is 11.8 Å². The van der Waals surface area contributed by atoms with Gasteiger partial charge in [-0.1, -0.05) is 12.8 Å². The summed E-state index contributed by atoms with van der Waals surface area (Å²) in [7, 11) is 0. The highest BCUT2D eigenvalue weighted by atomic mass is 32.2. The second-order valence-electron chi connectivity index (χ2n) is 2.21. The molecule has 1 heterocycles. The van der Waals surface area contributed by atoms with Gasteiger partial charge in [-0.15, -0.1) is 0 Å². The molecule has 0 aromatic carbocycles. The fourth-order valence-corrected chi connectivity index (χ4v) is 1.83. The van der Waals surface area contributed by atoms with Crippen LogP contribution in [0.1, 0.15) is 25.7 Å². The van der Waals surface area contributed by atoms with Gasteiger partial charge in [-0.3, -0.25) is 0 Å². The maximum atomic E-state index is 2.41. The van der Waals surface area contributed by atoms with Gasteiger partial charge in [0.15, 0.2) is 0 Å². The van der Waals surface area contributed by atoms with Gasteiger partial charge in [0.25, 0.3) is 0 Å². The molecule has 0 N–H and O–H groups in total. The van der Waals surface area contributed by atoms with Crippen LogP contribution in [0.15, 0.2) is 0 Å². The first-order chi connectivity index (χ1) is 4.00. The zero-order valence-electron chi connectivity index (χ0n) is 5.23. The van der Waals surface area contributed by atoms with E-state index >= 15 is 0 Å². The lowest BCUT2D eigenvalue weighted by atomic mass is 10.2. The maximum absolute atomic E-state index is 2.41. The first-order valence-corrected chi connectivity index (χ1v) is 4.55. The third-order valence-corrected chi connectivity index (χ3v) is 2.48. The lowest BCUT2D eigenvalue weighted by Crippen LogP contribution is -1.91. The van der Waals surface area contributed by atoms with Crippen LogP contribution in [0.5, 0.6) is 0 Å². The van der Waals surface area contributed by atoms with Crippen molar-refractivity contribution in [3.63, 3.8) is 0 Å². The molecular formula is C7H13S. The molecule has 8 heavy (non-hydrogen) atoms. The van der Waals surface area contributed by atoms with Gasteiger partial charge in [0.2, 0.25) is 0 Å². The van der Waals surface area contributed by atoms with E-state index in [-0.39, 0.29) is 0 Å². The summed E-state index contributed by atoms with van der Waals surface area (Å²) < 4.78 is 0. The van der Waals surface area contributed by atoms with Gasteiger partial charge < -0.3 is 0 Å². The van der Waals surface area contributed by atoms with Crippen LogP contribution in [0.25, 0.3) is 0 Å². The molecule has 0 aliphatic carbocycles. The van der Waals surface area contributed by atoms with E-state index in [1.54, 1.807) is 0 Å². The van der Waals surface area contributed by atoms with E-state index in [1.807, 2.05) is 0 Å². The predicted molar refractivity (Wildman–Crippen MR) is 40.1 cm³/mol. The van der Waals surface area contributed by atoms with Gasteiger partial charge in [0.05, 0.1) is 0 Å².